The van der Waals surface area contributed by atoms with E-state index in [2.05, 4.69) is 6.92 Å². The molecule has 1 rings (SSSR count). The molecule has 0 saturated carbocycles. The van der Waals surface area contributed by atoms with E-state index in [0.29, 0.717) is 13.0 Å². The van der Waals surface area contributed by atoms with Crippen molar-refractivity contribution in [3.63, 3.8) is 0 Å². The predicted molar refractivity (Wildman–Crippen MR) is 75.4 cm³/mol. The minimum atomic E-state index is -0.751. The van der Waals surface area contributed by atoms with Crippen LogP contribution in [0.25, 0.3) is 0 Å². The van der Waals surface area contributed by atoms with Gasteiger partial charge < -0.3 is 9.84 Å². The van der Waals surface area contributed by atoms with E-state index in [9.17, 15) is 9.90 Å². The van der Waals surface area contributed by atoms with Crippen molar-refractivity contribution in [3.05, 3.63) is 29.8 Å². The number of hydrogen-bond acceptors (Lipinski definition) is 3. The van der Waals surface area contributed by atoms with Crippen LogP contribution < -0.4 is 4.74 Å². The number of carboxylic acid groups (broad SMARTS) is 1. The fourth-order valence-electron chi connectivity index (χ4n) is 2.10. The molecule has 1 aromatic carbocycles. The van der Waals surface area contributed by atoms with Gasteiger partial charge in [0.15, 0.2) is 0 Å². The molecule has 0 radical (unpaired) electrons. The fourth-order valence-corrected chi connectivity index (χ4v) is 2.10. The lowest BCUT2D eigenvalue weighted by Crippen LogP contribution is -2.37. The first kappa shape index (κ1) is 15.5. The van der Waals surface area contributed by atoms with Crippen molar-refractivity contribution in [2.24, 2.45) is 0 Å². The van der Waals surface area contributed by atoms with Crippen LogP contribution in [0, 0.1) is 0 Å². The van der Waals surface area contributed by atoms with E-state index in [1.54, 1.807) is 7.11 Å². The minimum Gasteiger partial charge on any atom is -0.497 e. The highest BCUT2D eigenvalue weighted by Crippen LogP contribution is 2.16. The lowest BCUT2D eigenvalue weighted by molar-refractivity contribution is -0.143. The van der Waals surface area contributed by atoms with E-state index in [0.717, 1.165) is 24.2 Å². The van der Waals surface area contributed by atoms with E-state index in [1.807, 2.05) is 36.2 Å². The van der Waals surface area contributed by atoms with E-state index in [1.165, 1.54) is 0 Å². The summed E-state index contributed by atoms with van der Waals surface area (Å²) in [5.41, 5.74) is 1.06. The zero-order valence-corrected chi connectivity index (χ0v) is 11.9. The molecule has 106 valence electrons. The third-order valence-electron chi connectivity index (χ3n) is 3.21. The highest BCUT2D eigenvalue weighted by molar-refractivity contribution is 5.73. The maximum Gasteiger partial charge on any atom is 0.320 e. The lowest BCUT2D eigenvalue weighted by atomic mass is 10.1. The average Bonchev–Trinajstić information content (AvgIpc) is 2.39. The van der Waals surface area contributed by atoms with Crippen molar-refractivity contribution in [1.29, 1.82) is 0 Å². The van der Waals surface area contributed by atoms with Crippen LogP contribution >= 0.6 is 0 Å². The van der Waals surface area contributed by atoms with Gasteiger partial charge in [-0.15, -0.1) is 0 Å². The molecule has 4 nitrogen and oxygen atoms in total. The molecule has 0 spiro atoms. The third kappa shape index (κ3) is 4.91. The molecule has 0 aliphatic rings. The first-order chi connectivity index (χ1) is 9.08. The molecule has 1 aromatic rings. The number of hydrogen-bond donors (Lipinski definition) is 1. The van der Waals surface area contributed by atoms with Gasteiger partial charge in [0.1, 0.15) is 11.8 Å². The number of ether oxygens (including phenoxy) is 1. The van der Waals surface area contributed by atoms with Gasteiger partial charge >= 0.3 is 5.97 Å². The van der Waals surface area contributed by atoms with Crippen LogP contribution in [0.15, 0.2) is 24.3 Å². The maximum absolute atomic E-state index is 11.3. The van der Waals surface area contributed by atoms with Crippen molar-refractivity contribution in [1.82, 2.24) is 4.90 Å². The molecule has 0 saturated heterocycles. The van der Waals surface area contributed by atoms with Crippen LogP contribution in [-0.2, 0) is 11.3 Å². The zero-order valence-electron chi connectivity index (χ0n) is 11.9. The first-order valence-corrected chi connectivity index (χ1v) is 6.64. The van der Waals surface area contributed by atoms with Gasteiger partial charge in [0.05, 0.1) is 7.11 Å². The molecule has 0 fully saturated rings. The summed E-state index contributed by atoms with van der Waals surface area (Å²) in [7, 11) is 3.48. The largest absolute Gasteiger partial charge is 0.497 e. The molecule has 1 N–H and O–H groups in total. The standard InChI is InChI=1S/C15H23NO3/c1-4-5-9-14(15(17)18)16(2)11-12-7-6-8-13(10-12)19-3/h6-8,10,14H,4-5,9,11H2,1-3H3,(H,17,18). The quantitative estimate of drug-likeness (QED) is 0.785. The Labute approximate surface area is 115 Å². The average molecular weight is 265 g/mol. The van der Waals surface area contributed by atoms with Gasteiger partial charge in [0, 0.05) is 6.54 Å². The van der Waals surface area contributed by atoms with Gasteiger partial charge in [-0.25, -0.2) is 0 Å². The van der Waals surface area contributed by atoms with E-state index in [4.69, 9.17) is 4.74 Å². The van der Waals surface area contributed by atoms with Gasteiger partial charge in [-0.3, -0.25) is 9.69 Å². The number of methoxy groups -OCH3 is 1. The molecular formula is C15H23NO3. The molecule has 0 heterocycles. The first-order valence-electron chi connectivity index (χ1n) is 6.64. The Kier molecular flexibility index (Phi) is 6.36. The Balaban J connectivity index is 2.69. The Hall–Kier alpha value is -1.55. The summed E-state index contributed by atoms with van der Waals surface area (Å²) in [5, 5.41) is 9.28. The summed E-state index contributed by atoms with van der Waals surface area (Å²) < 4.78 is 5.17. The van der Waals surface area contributed by atoms with Crippen LogP contribution in [0.2, 0.25) is 0 Å². The molecule has 4 heteroatoms. The number of benzene rings is 1. The van der Waals surface area contributed by atoms with Crippen molar-refractivity contribution < 1.29 is 14.6 Å². The lowest BCUT2D eigenvalue weighted by Gasteiger charge is -2.24. The smallest absolute Gasteiger partial charge is 0.320 e. The van der Waals surface area contributed by atoms with E-state index < -0.39 is 12.0 Å². The molecule has 19 heavy (non-hydrogen) atoms. The Bertz CT molecular complexity index is 406. The summed E-state index contributed by atoms with van der Waals surface area (Å²) in [5.74, 6) is 0.0465. The Morgan fingerprint density at radius 3 is 2.79 bits per heavy atom. The van der Waals surface area contributed by atoms with Gasteiger partial charge in [-0.1, -0.05) is 31.9 Å². The number of rotatable bonds is 8. The number of likely N-dealkylation sites (N-methyl/N-ethyl adjacent to an activating group) is 1. The molecular weight excluding hydrogens is 242 g/mol. The molecule has 0 amide bonds. The zero-order chi connectivity index (χ0) is 14.3. The number of carboxylic acids is 1. The van der Waals surface area contributed by atoms with Crippen LogP contribution in [0.5, 0.6) is 5.75 Å². The van der Waals surface area contributed by atoms with Gasteiger partial charge in [-0.2, -0.15) is 0 Å². The number of aliphatic carboxylic acids is 1. The molecule has 1 unspecified atom stereocenters. The van der Waals surface area contributed by atoms with E-state index >= 15 is 0 Å². The summed E-state index contributed by atoms with van der Waals surface area (Å²) >= 11 is 0. The monoisotopic (exact) mass is 265 g/mol. The molecule has 0 aliphatic heterocycles. The van der Waals surface area contributed by atoms with Crippen LogP contribution in [-0.4, -0.2) is 36.2 Å². The van der Waals surface area contributed by atoms with Crippen LogP contribution in [0.3, 0.4) is 0 Å². The Morgan fingerprint density at radius 2 is 2.21 bits per heavy atom. The third-order valence-corrected chi connectivity index (χ3v) is 3.21. The van der Waals surface area contributed by atoms with Gasteiger partial charge in [-0.05, 0) is 31.2 Å². The van der Waals surface area contributed by atoms with Crippen LogP contribution in [0.4, 0.5) is 0 Å². The second kappa shape index (κ2) is 7.79. The second-order valence-corrected chi connectivity index (χ2v) is 4.76. The van der Waals surface area contributed by atoms with Gasteiger partial charge in [0.2, 0.25) is 0 Å². The fraction of sp³-hybridized carbons (Fsp3) is 0.533. The van der Waals surface area contributed by atoms with Crippen molar-refractivity contribution in [3.8, 4) is 5.75 Å². The molecule has 0 aromatic heterocycles. The Morgan fingerprint density at radius 1 is 1.47 bits per heavy atom. The second-order valence-electron chi connectivity index (χ2n) is 4.76. The summed E-state index contributed by atoms with van der Waals surface area (Å²) in [6.07, 6.45) is 2.63. The topological polar surface area (TPSA) is 49.8 Å². The summed E-state index contributed by atoms with van der Waals surface area (Å²) in [4.78, 5) is 13.2. The number of nitrogens with zero attached hydrogens (tertiary/aromatic N) is 1. The molecule has 1 atom stereocenters. The number of carbonyl (C=O) groups is 1. The van der Waals surface area contributed by atoms with Crippen molar-refractivity contribution in [2.45, 2.75) is 38.8 Å². The normalized spacial score (nSPS) is 12.4. The summed E-state index contributed by atoms with van der Waals surface area (Å²) in [6, 6.07) is 7.30. The molecule has 0 aliphatic carbocycles. The summed E-state index contributed by atoms with van der Waals surface area (Å²) in [6.45, 7) is 2.68. The highest BCUT2D eigenvalue weighted by Gasteiger charge is 2.21. The minimum absolute atomic E-state index is 0.425. The van der Waals surface area contributed by atoms with Gasteiger partial charge in [0.25, 0.3) is 0 Å². The maximum atomic E-state index is 11.3. The van der Waals surface area contributed by atoms with Crippen LogP contribution in [0.1, 0.15) is 31.7 Å². The van der Waals surface area contributed by atoms with E-state index in [-0.39, 0.29) is 0 Å². The number of unbranched alkanes of at least 4 members (excludes halogenated alkanes) is 1. The van der Waals surface area contributed by atoms with Crippen molar-refractivity contribution in [2.75, 3.05) is 14.2 Å². The molecule has 0 bridgehead atoms. The van der Waals surface area contributed by atoms with Crippen molar-refractivity contribution >= 4 is 5.97 Å². The predicted octanol–water partition coefficient (Wildman–Crippen LogP) is 2.77. The SMILES string of the molecule is CCCCC(C(=O)O)N(C)Cc1cccc(OC)c1. The highest BCUT2D eigenvalue weighted by atomic mass is 16.5.